The molecule has 2 amide bonds. The van der Waals surface area contributed by atoms with Crippen LogP contribution in [0.3, 0.4) is 0 Å². The van der Waals surface area contributed by atoms with Crippen LogP contribution in [-0.2, 0) is 0 Å². The molecule has 4 rings (SSSR count). The predicted octanol–water partition coefficient (Wildman–Crippen LogP) is 3.60. The molecule has 1 saturated carbocycles. The first-order valence-electron chi connectivity index (χ1n) is 12.0. The molecule has 0 atom stereocenters. The normalized spacial score (nSPS) is 20.7. The van der Waals surface area contributed by atoms with Crippen molar-refractivity contribution in [1.29, 1.82) is 0 Å². The Morgan fingerprint density at radius 2 is 1.77 bits per heavy atom. The van der Waals surface area contributed by atoms with E-state index in [1.54, 1.807) is 41.3 Å². The van der Waals surface area contributed by atoms with Gasteiger partial charge in [-0.15, -0.1) is 0 Å². The van der Waals surface area contributed by atoms with Gasteiger partial charge >= 0.3 is 0 Å². The number of nitro benzene ring substituents is 1. The van der Waals surface area contributed by atoms with Crippen LogP contribution in [0.15, 0.2) is 42.5 Å². The van der Waals surface area contributed by atoms with Crippen LogP contribution in [-0.4, -0.2) is 59.9 Å². The molecule has 2 aliphatic rings. The number of anilines is 1. The van der Waals surface area contributed by atoms with Gasteiger partial charge in [-0.1, -0.05) is 17.7 Å². The maximum atomic E-state index is 12.9. The molecule has 1 saturated heterocycles. The zero-order valence-corrected chi connectivity index (χ0v) is 20.2. The van der Waals surface area contributed by atoms with Crippen LogP contribution in [0.4, 0.5) is 11.4 Å². The zero-order chi connectivity index (χ0) is 24.9. The molecule has 0 bridgehead atoms. The lowest BCUT2D eigenvalue weighted by molar-refractivity contribution is -0.384. The van der Waals surface area contributed by atoms with Crippen LogP contribution in [0.25, 0.3) is 0 Å². The van der Waals surface area contributed by atoms with E-state index < -0.39 is 4.92 Å². The monoisotopic (exact) mass is 499 g/mol. The van der Waals surface area contributed by atoms with Crippen molar-refractivity contribution in [3.63, 3.8) is 0 Å². The van der Waals surface area contributed by atoms with Crippen molar-refractivity contribution in [2.75, 3.05) is 31.1 Å². The first-order chi connectivity index (χ1) is 16.8. The van der Waals surface area contributed by atoms with Crippen LogP contribution < -0.4 is 16.0 Å². The second-order valence-corrected chi connectivity index (χ2v) is 9.63. The van der Waals surface area contributed by atoms with Gasteiger partial charge in [0.25, 0.3) is 17.5 Å². The number of halogens is 1. The molecule has 3 N–H and O–H groups in total. The molecular weight excluding hydrogens is 470 g/mol. The molecule has 0 radical (unpaired) electrons. The van der Waals surface area contributed by atoms with Crippen LogP contribution in [0.1, 0.15) is 52.8 Å². The molecule has 1 aliphatic heterocycles. The second-order valence-electron chi connectivity index (χ2n) is 9.19. The van der Waals surface area contributed by atoms with Crippen molar-refractivity contribution in [2.24, 2.45) is 5.73 Å². The molecular formula is C25H30ClN5O4. The lowest BCUT2D eigenvalue weighted by Gasteiger charge is -2.27. The van der Waals surface area contributed by atoms with Gasteiger partial charge in [-0.05, 0) is 62.4 Å². The van der Waals surface area contributed by atoms with Crippen molar-refractivity contribution in [3.05, 3.63) is 68.7 Å². The fourth-order valence-corrected chi connectivity index (χ4v) is 4.97. The van der Waals surface area contributed by atoms with Gasteiger partial charge in [0, 0.05) is 60.5 Å². The van der Waals surface area contributed by atoms with Gasteiger partial charge in [-0.3, -0.25) is 19.7 Å². The SMILES string of the molecule is NC1CCC(NC(=O)c2ccc(N3CCCN(C(=O)c4cccc(Cl)c4)CC3)c([N+](=O)[O-])c2)CC1. The molecule has 0 spiro atoms. The molecule has 2 aromatic rings. The van der Waals surface area contributed by atoms with E-state index in [1.807, 2.05) is 4.90 Å². The van der Waals surface area contributed by atoms with E-state index in [0.29, 0.717) is 48.9 Å². The van der Waals surface area contributed by atoms with Crippen LogP contribution in [0.5, 0.6) is 0 Å². The Labute approximate surface area is 209 Å². The van der Waals surface area contributed by atoms with E-state index in [4.69, 9.17) is 17.3 Å². The number of nitrogens with one attached hydrogen (secondary N) is 1. The smallest absolute Gasteiger partial charge is 0.293 e. The highest BCUT2D eigenvalue weighted by Gasteiger charge is 2.27. The van der Waals surface area contributed by atoms with E-state index >= 15 is 0 Å². The first kappa shape index (κ1) is 24.9. The lowest BCUT2D eigenvalue weighted by atomic mass is 9.91. The minimum Gasteiger partial charge on any atom is -0.364 e. The molecule has 9 nitrogen and oxygen atoms in total. The number of carbonyl (C=O) groups is 2. The minimum atomic E-state index is -0.453. The third-order valence-electron chi connectivity index (χ3n) is 6.74. The maximum absolute atomic E-state index is 12.9. The Morgan fingerprint density at radius 3 is 2.49 bits per heavy atom. The topological polar surface area (TPSA) is 122 Å². The van der Waals surface area contributed by atoms with E-state index in [1.165, 1.54) is 6.07 Å². The molecule has 186 valence electrons. The molecule has 35 heavy (non-hydrogen) atoms. The number of nitro groups is 1. The fraction of sp³-hybridized carbons (Fsp3) is 0.440. The standard InChI is InChI=1S/C25H30ClN5O4/c26-19-4-1-3-18(15-19)25(33)30-12-2-11-29(13-14-30)22-10-5-17(16-23(22)31(34)35)24(32)28-21-8-6-20(27)7-9-21/h1,3-5,10,15-16,20-21H,2,6-9,11-14,27H2,(H,28,32). The predicted molar refractivity (Wildman–Crippen MR) is 135 cm³/mol. The Hall–Kier alpha value is -3.17. The minimum absolute atomic E-state index is 0.0367. The fourth-order valence-electron chi connectivity index (χ4n) is 4.78. The summed E-state index contributed by atoms with van der Waals surface area (Å²) in [6.07, 6.45) is 4.00. The molecule has 2 aromatic carbocycles. The van der Waals surface area contributed by atoms with E-state index in [-0.39, 0.29) is 35.1 Å². The summed E-state index contributed by atoms with van der Waals surface area (Å²) in [5.41, 5.74) is 7.06. The van der Waals surface area contributed by atoms with Gasteiger partial charge in [0.1, 0.15) is 5.69 Å². The highest BCUT2D eigenvalue weighted by molar-refractivity contribution is 6.30. The summed E-state index contributed by atoms with van der Waals surface area (Å²) in [6.45, 7) is 1.98. The number of rotatable bonds is 5. The Kier molecular flexibility index (Phi) is 7.87. The van der Waals surface area contributed by atoms with Gasteiger partial charge in [0.15, 0.2) is 0 Å². The number of nitrogens with zero attached hydrogens (tertiary/aromatic N) is 3. The summed E-state index contributed by atoms with van der Waals surface area (Å²) in [4.78, 5) is 40.8. The van der Waals surface area contributed by atoms with Gasteiger partial charge in [-0.25, -0.2) is 0 Å². The van der Waals surface area contributed by atoms with E-state index in [0.717, 1.165) is 25.7 Å². The summed E-state index contributed by atoms with van der Waals surface area (Å²) in [7, 11) is 0. The van der Waals surface area contributed by atoms with Crippen molar-refractivity contribution >= 4 is 34.8 Å². The van der Waals surface area contributed by atoms with Gasteiger partial charge < -0.3 is 20.9 Å². The lowest BCUT2D eigenvalue weighted by Crippen LogP contribution is -2.40. The van der Waals surface area contributed by atoms with Crippen molar-refractivity contribution in [1.82, 2.24) is 10.2 Å². The number of hydrogen-bond donors (Lipinski definition) is 2. The Morgan fingerprint density at radius 1 is 1.00 bits per heavy atom. The molecule has 10 heteroatoms. The molecule has 1 aliphatic carbocycles. The molecule has 0 aromatic heterocycles. The highest BCUT2D eigenvalue weighted by Crippen LogP contribution is 2.30. The second kappa shape index (κ2) is 11.0. The molecule has 0 unspecified atom stereocenters. The first-order valence-corrected chi connectivity index (χ1v) is 12.3. The number of hydrogen-bond acceptors (Lipinski definition) is 6. The number of carbonyl (C=O) groups excluding carboxylic acids is 2. The zero-order valence-electron chi connectivity index (χ0n) is 19.5. The Balaban J connectivity index is 1.45. The average molecular weight is 500 g/mol. The van der Waals surface area contributed by atoms with E-state index in [9.17, 15) is 19.7 Å². The van der Waals surface area contributed by atoms with Crippen molar-refractivity contribution in [3.8, 4) is 0 Å². The molecule has 1 heterocycles. The number of nitrogens with two attached hydrogens (primary N) is 1. The number of benzene rings is 2. The number of amides is 2. The highest BCUT2D eigenvalue weighted by atomic mass is 35.5. The summed E-state index contributed by atoms with van der Waals surface area (Å²) >= 11 is 6.03. The van der Waals surface area contributed by atoms with Crippen LogP contribution in [0, 0.1) is 10.1 Å². The van der Waals surface area contributed by atoms with Gasteiger partial charge in [0.2, 0.25) is 0 Å². The van der Waals surface area contributed by atoms with Gasteiger partial charge in [-0.2, -0.15) is 0 Å². The van der Waals surface area contributed by atoms with Gasteiger partial charge in [0.05, 0.1) is 4.92 Å². The average Bonchev–Trinajstić information content (AvgIpc) is 3.11. The van der Waals surface area contributed by atoms with Crippen molar-refractivity contribution < 1.29 is 14.5 Å². The third-order valence-corrected chi connectivity index (χ3v) is 6.97. The summed E-state index contributed by atoms with van der Waals surface area (Å²) in [5, 5.41) is 15.4. The molecule has 2 fully saturated rings. The van der Waals surface area contributed by atoms with E-state index in [2.05, 4.69) is 5.32 Å². The quantitative estimate of drug-likeness (QED) is 0.478. The van der Waals surface area contributed by atoms with Crippen LogP contribution >= 0.6 is 11.6 Å². The maximum Gasteiger partial charge on any atom is 0.293 e. The Bertz CT molecular complexity index is 1100. The summed E-state index contributed by atoms with van der Waals surface area (Å²) < 4.78 is 0. The third kappa shape index (κ3) is 6.10. The summed E-state index contributed by atoms with van der Waals surface area (Å²) in [6, 6.07) is 11.7. The summed E-state index contributed by atoms with van der Waals surface area (Å²) in [5.74, 6) is -0.422. The largest absolute Gasteiger partial charge is 0.364 e. The van der Waals surface area contributed by atoms with Crippen LogP contribution in [0.2, 0.25) is 5.02 Å². The van der Waals surface area contributed by atoms with Crippen molar-refractivity contribution in [2.45, 2.75) is 44.2 Å².